The number of nitrogens with zero attached hydrogens (tertiary/aromatic N) is 4. The van der Waals surface area contributed by atoms with Gasteiger partial charge in [-0.3, -0.25) is 10.1 Å². The number of hydrogen-bond donors (Lipinski definition) is 3. The number of anilines is 1. The number of benzene rings is 1. The summed E-state index contributed by atoms with van der Waals surface area (Å²) in [5, 5.41) is 14.6. The van der Waals surface area contributed by atoms with E-state index in [2.05, 4.69) is 30.9 Å². The molecule has 0 unspecified atom stereocenters. The van der Waals surface area contributed by atoms with Crippen LogP contribution in [0.3, 0.4) is 0 Å². The monoisotopic (exact) mass is 381 g/mol. The molecule has 0 saturated carbocycles. The Kier molecular flexibility index (Phi) is 5.22. The summed E-state index contributed by atoms with van der Waals surface area (Å²) in [6, 6.07) is 5.70. The molecular formula is C15H17Cl2N7O. The van der Waals surface area contributed by atoms with E-state index in [-0.39, 0.29) is 30.0 Å². The summed E-state index contributed by atoms with van der Waals surface area (Å²) in [7, 11) is 0. The molecule has 0 radical (unpaired) electrons. The fraction of sp³-hybridized carbons (Fsp3) is 0.333. The van der Waals surface area contributed by atoms with Crippen LogP contribution < -0.4 is 10.6 Å². The second-order valence-electron chi connectivity index (χ2n) is 5.74. The number of hydrogen-bond acceptors (Lipinski definition) is 5. The zero-order valence-corrected chi connectivity index (χ0v) is 14.8. The van der Waals surface area contributed by atoms with Crippen LogP contribution in [0.15, 0.2) is 24.4 Å². The lowest BCUT2D eigenvalue weighted by Crippen LogP contribution is -2.29. The number of aromatic nitrogens is 5. The van der Waals surface area contributed by atoms with E-state index in [0.717, 1.165) is 31.4 Å². The lowest BCUT2D eigenvalue weighted by atomic mass is 10.1. The molecular weight excluding hydrogens is 365 g/mol. The largest absolute Gasteiger partial charge is 0.324 e. The Bertz CT molecular complexity index is 885. The van der Waals surface area contributed by atoms with Crippen molar-refractivity contribution in [1.29, 1.82) is 0 Å². The number of rotatable bonds is 3. The molecule has 3 aromatic rings. The van der Waals surface area contributed by atoms with Crippen LogP contribution in [0.5, 0.6) is 0 Å². The minimum Gasteiger partial charge on any atom is -0.324 e. The highest BCUT2D eigenvalue weighted by Crippen LogP contribution is 2.23. The molecule has 8 nitrogen and oxygen atoms in total. The number of piperidine rings is 1. The second kappa shape index (κ2) is 7.38. The Hall–Kier alpha value is -2.16. The maximum Gasteiger partial charge on any atom is 0.280 e. The smallest absolute Gasteiger partial charge is 0.280 e. The summed E-state index contributed by atoms with van der Waals surface area (Å²) >= 11 is 6.09. The van der Waals surface area contributed by atoms with Gasteiger partial charge >= 0.3 is 0 Å². The van der Waals surface area contributed by atoms with E-state index in [4.69, 9.17) is 11.6 Å². The van der Waals surface area contributed by atoms with Gasteiger partial charge in [-0.15, -0.1) is 17.5 Å². The minimum absolute atomic E-state index is 0. The van der Waals surface area contributed by atoms with Crippen LogP contribution in [0.4, 0.5) is 5.95 Å². The summed E-state index contributed by atoms with van der Waals surface area (Å²) in [4.78, 5) is 19.6. The van der Waals surface area contributed by atoms with Gasteiger partial charge in [0.05, 0.1) is 22.8 Å². The number of carbonyl (C=O) groups excluding carboxylic acids is 1. The molecule has 132 valence electrons. The van der Waals surface area contributed by atoms with Crippen molar-refractivity contribution in [3.8, 4) is 0 Å². The average Bonchev–Trinajstić information content (AvgIpc) is 3.23. The number of fused-ring (bicyclic) bond motifs is 1. The lowest BCUT2D eigenvalue weighted by molar-refractivity contribution is 0.102. The summed E-state index contributed by atoms with van der Waals surface area (Å²) in [6.07, 6.45) is 3.64. The number of imidazole rings is 1. The Labute approximate surface area is 154 Å². The van der Waals surface area contributed by atoms with Gasteiger partial charge in [0.2, 0.25) is 5.95 Å². The molecule has 25 heavy (non-hydrogen) atoms. The van der Waals surface area contributed by atoms with Crippen molar-refractivity contribution in [3.63, 3.8) is 0 Å². The first kappa shape index (κ1) is 17.7. The Morgan fingerprint density at radius 3 is 2.88 bits per heavy atom. The first-order chi connectivity index (χ1) is 11.7. The van der Waals surface area contributed by atoms with Gasteiger partial charge in [0.15, 0.2) is 5.69 Å². The van der Waals surface area contributed by atoms with Crippen LogP contribution in [0, 0.1) is 0 Å². The predicted octanol–water partition coefficient (Wildman–Crippen LogP) is 2.41. The van der Waals surface area contributed by atoms with Crippen molar-refractivity contribution in [2.75, 3.05) is 18.4 Å². The highest BCUT2D eigenvalue weighted by molar-refractivity contribution is 6.35. The van der Waals surface area contributed by atoms with Crippen LogP contribution in [0.25, 0.3) is 11.0 Å². The molecule has 1 aliphatic rings. The Morgan fingerprint density at radius 1 is 1.32 bits per heavy atom. The van der Waals surface area contributed by atoms with Gasteiger partial charge < -0.3 is 10.3 Å². The van der Waals surface area contributed by atoms with E-state index >= 15 is 0 Å². The number of nitrogens with one attached hydrogen (secondary N) is 3. The Morgan fingerprint density at radius 2 is 2.12 bits per heavy atom. The quantitative estimate of drug-likeness (QED) is 0.646. The normalized spacial score (nSPS) is 15.1. The molecule has 0 spiro atoms. The van der Waals surface area contributed by atoms with Crippen LogP contribution >= 0.6 is 24.0 Å². The molecule has 1 amide bonds. The minimum atomic E-state index is -0.356. The predicted molar refractivity (Wildman–Crippen MR) is 97.5 cm³/mol. The van der Waals surface area contributed by atoms with Gasteiger partial charge in [-0.1, -0.05) is 22.9 Å². The van der Waals surface area contributed by atoms with Crippen molar-refractivity contribution < 1.29 is 4.79 Å². The van der Waals surface area contributed by atoms with E-state index < -0.39 is 0 Å². The SMILES string of the molecule is Cl.O=C(Nc1nc2c(Cl)cccc2[nH]1)c1cn(C2CCNCC2)nn1. The number of para-hydroxylation sites is 1. The molecule has 1 aromatic carbocycles. The summed E-state index contributed by atoms with van der Waals surface area (Å²) in [5.74, 6) is -0.0233. The molecule has 4 rings (SSSR count). The molecule has 3 N–H and O–H groups in total. The van der Waals surface area contributed by atoms with Crippen LogP contribution in [-0.2, 0) is 0 Å². The molecule has 1 fully saturated rings. The topological polar surface area (TPSA) is 101 Å². The number of halogens is 2. The van der Waals surface area contributed by atoms with Crippen LogP contribution in [-0.4, -0.2) is 44.0 Å². The molecule has 0 atom stereocenters. The van der Waals surface area contributed by atoms with Gasteiger partial charge in [-0.05, 0) is 38.1 Å². The van der Waals surface area contributed by atoms with E-state index in [1.807, 2.05) is 12.1 Å². The number of H-pyrrole nitrogens is 1. The summed E-state index contributed by atoms with van der Waals surface area (Å²) in [6.45, 7) is 1.90. The van der Waals surface area contributed by atoms with Gasteiger partial charge in [0.25, 0.3) is 5.91 Å². The van der Waals surface area contributed by atoms with Crippen LogP contribution in [0.1, 0.15) is 29.4 Å². The molecule has 0 bridgehead atoms. The first-order valence-electron chi connectivity index (χ1n) is 7.79. The van der Waals surface area contributed by atoms with E-state index in [1.54, 1.807) is 16.9 Å². The zero-order chi connectivity index (χ0) is 16.5. The van der Waals surface area contributed by atoms with E-state index in [9.17, 15) is 4.79 Å². The highest BCUT2D eigenvalue weighted by atomic mass is 35.5. The highest BCUT2D eigenvalue weighted by Gasteiger charge is 2.19. The van der Waals surface area contributed by atoms with Crippen molar-refractivity contribution in [1.82, 2.24) is 30.3 Å². The van der Waals surface area contributed by atoms with Crippen LogP contribution in [0.2, 0.25) is 5.02 Å². The average molecular weight is 382 g/mol. The second-order valence-corrected chi connectivity index (χ2v) is 6.15. The van der Waals surface area contributed by atoms with Crippen molar-refractivity contribution in [2.45, 2.75) is 18.9 Å². The van der Waals surface area contributed by atoms with Crippen molar-refractivity contribution >= 4 is 46.9 Å². The fourth-order valence-electron chi connectivity index (χ4n) is 2.86. The molecule has 2 aromatic heterocycles. The van der Waals surface area contributed by atoms with Gasteiger partial charge in [0.1, 0.15) is 5.52 Å². The number of amides is 1. The van der Waals surface area contributed by atoms with Crippen molar-refractivity contribution in [2.24, 2.45) is 0 Å². The standard InChI is InChI=1S/C15H16ClN7O.ClH/c16-10-2-1-3-11-13(10)19-15(18-11)20-14(24)12-8-23(22-21-12)9-4-6-17-7-5-9;/h1-3,8-9,17H,4-7H2,(H2,18,19,20,24);1H. The molecule has 1 saturated heterocycles. The van der Waals surface area contributed by atoms with E-state index in [1.165, 1.54) is 0 Å². The molecule has 1 aliphatic heterocycles. The third kappa shape index (κ3) is 3.60. The summed E-state index contributed by atoms with van der Waals surface area (Å²) in [5.41, 5.74) is 1.64. The fourth-order valence-corrected chi connectivity index (χ4v) is 3.08. The zero-order valence-electron chi connectivity index (χ0n) is 13.2. The summed E-state index contributed by atoms with van der Waals surface area (Å²) < 4.78 is 1.77. The number of carbonyl (C=O) groups is 1. The number of aromatic amines is 1. The van der Waals surface area contributed by atoms with Gasteiger partial charge in [-0.25, -0.2) is 9.67 Å². The maximum atomic E-state index is 12.3. The third-order valence-electron chi connectivity index (χ3n) is 4.12. The molecule has 0 aliphatic carbocycles. The third-order valence-corrected chi connectivity index (χ3v) is 4.43. The maximum absolute atomic E-state index is 12.3. The lowest BCUT2D eigenvalue weighted by Gasteiger charge is -2.21. The van der Waals surface area contributed by atoms with Gasteiger partial charge in [-0.2, -0.15) is 0 Å². The first-order valence-corrected chi connectivity index (χ1v) is 8.16. The molecule has 3 heterocycles. The van der Waals surface area contributed by atoms with Gasteiger partial charge in [0, 0.05) is 0 Å². The molecule has 10 heteroatoms. The Balaban J connectivity index is 0.00000182. The van der Waals surface area contributed by atoms with Crippen molar-refractivity contribution in [3.05, 3.63) is 35.1 Å². The van der Waals surface area contributed by atoms with E-state index in [0.29, 0.717) is 16.5 Å².